The Kier molecular flexibility index (Phi) is 5.22. The summed E-state index contributed by atoms with van der Waals surface area (Å²) in [6, 6.07) is 9.09. The molecule has 0 spiro atoms. The predicted octanol–water partition coefficient (Wildman–Crippen LogP) is 4.01. The molecule has 0 radical (unpaired) electrons. The number of allylic oxidation sites excluding steroid dienone is 1. The van der Waals surface area contributed by atoms with E-state index in [1.165, 1.54) is 12.0 Å². The van der Waals surface area contributed by atoms with Gasteiger partial charge >= 0.3 is 0 Å². The highest BCUT2D eigenvalue weighted by molar-refractivity contribution is 9.10. The highest BCUT2D eigenvalue weighted by Crippen LogP contribution is 2.42. The highest BCUT2D eigenvalue weighted by atomic mass is 79.9. The number of likely N-dealkylation sites (tertiary alicyclic amines) is 2. The van der Waals surface area contributed by atoms with Gasteiger partial charge in [-0.25, -0.2) is 0 Å². The van der Waals surface area contributed by atoms with E-state index in [0.29, 0.717) is 18.4 Å². The largest absolute Gasteiger partial charge is 0.335 e. The Labute approximate surface area is 147 Å². The molecule has 124 valence electrons. The number of piperidine rings is 1. The second-order valence-corrected chi connectivity index (χ2v) is 7.60. The number of amides is 1. The van der Waals surface area contributed by atoms with Crippen LogP contribution in [0.3, 0.4) is 0 Å². The van der Waals surface area contributed by atoms with Gasteiger partial charge in [-0.2, -0.15) is 0 Å². The fourth-order valence-electron chi connectivity index (χ4n) is 4.09. The normalized spacial score (nSPS) is 27.7. The molecule has 0 unspecified atom stereocenters. The summed E-state index contributed by atoms with van der Waals surface area (Å²) in [6.45, 7) is 5.78. The Bertz CT molecular complexity index is 588. The number of hydrogen-bond donors (Lipinski definition) is 0. The minimum atomic E-state index is 0.171. The van der Waals surface area contributed by atoms with E-state index in [0.717, 1.165) is 30.4 Å². The maximum Gasteiger partial charge on any atom is 0.223 e. The molecule has 3 rings (SSSR count). The standard InChI is InChI=1S/C19H25BrN2O/c1-3-4-9-19(23)22-13-14-10-11-21(2)17(14)12-18(22)15-7-5-6-8-16(15)20/h3,5-8,14,17-18H,1,4,9-13H2,2H3/t14-,17+,18+/m1/s1. The minimum absolute atomic E-state index is 0.171. The first-order chi connectivity index (χ1) is 11.1. The Morgan fingerprint density at radius 2 is 2.22 bits per heavy atom. The molecule has 2 aliphatic heterocycles. The summed E-state index contributed by atoms with van der Waals surface area (Å²) in [5.74, 6) is 0.880. The Morgan fingerprint density at radius 1 is 1.43 bits per heavy atom. The summed E-state index contributed by atoms with van der Waals surface area (Å²) in [5.41, 5.74) is 1.23. The fourth-order valence-corrected chi connectivity index (χ4v) is 4.64. The Hall–Kier alpha value is -1.13. The average Bonchev–Trinajstić information content (AvgIpc) is 2.92. The molecule has 0 aliphatic carbocycles. The van der Waals surface area contributed by atoms with Gasteiger partial charge in [0.1, 0.15) is 0 Å². The van der Waals surface area contributed by atoms with Crippen LogP contribution in [0.5, 0.6) is 0 Å². The third kappa shape index (κ3) is 3.38. The van der Waals surface area contributed by atoms with Crippen LogP contribution >= 0.6 is 15.9 Å². The van der Waals surface area contributed by atoms with Gasteiger partial charge in [0.05, 0.1) is 6.04 Å². The molecule has 1 aromatic carbocycles. The number of carbonyl (C=O) groups is 1. The van der Waals surface area contributed by atoms with Gasteiger partial charge in [-0.1, -0.05) is 40.2 Å². The summed E-state index contributed by atoms with van der Waals surface area (Å²) in [7, 11) is 2.22. The molecular formula is C19H25BrN2O. The van der Waals surface area contributed by atoms with E-state index < -0.39 is 0 Å². The van der Waals surface area contributed by atoms with E-state index in [-0.39, 0.29) is 11.9 Å². The zero-order chi connectivity index (χ0) is 16.4. The van der Waals surface area contributed by atoms with Crippen molar-refractivity contribution in [1.29, 1.82) is 0 Å². The van der Waals surface area contributed by atoms with E-state index in [1.54, 1.807) is 0 Å². The van der Waals surface area contributed by atoms with Crippen molar-refractivity contribution in [1.82, 2.24) is 9.80 Å². The second-order valence-electron chi connectivity index (χ2n) is 6.74. The van der Waals surface area contributed by atoms with Crippen molar-refractivity contribution in [2.45, 2.75) is 37.8 Å². The summed E-state index contributed by atoms with van der Waals surface area (Å²) >= 11 is 3.68. The van der Waals surface area contributed by atoms with Gasteiger partial charge in [-0.3, -0.25) is 4.79 Å². The highest BCUT2D eigenvalue weighted by Gasteiger charge is 2.43. The van der Waals surface area contributed by atoms with Gasteiger partial charge in [0.15, 0.2) is 0 Å². The van der Waals surface area contributed by atoms with Gasteiger partial charge in [-0.05, 0) is 50.4 Å². The molecule has 3 atom stereocenters. The topological polar surface area (TPSA) is 23.6 Å². The molecule has 0 bridgehead atoms. The van der Waals surface area contributed by atoms with Crippen LogP contribution in [0, 0.1) is 5.92 Å². The van der Waals surface area contributed by atoms with E-state index in [9.17, 15) is 4.79 Å². The van der Waals surface area contributed by atoms with Crippen molar-refractivity contribution in [2.75, 3.05) is 20.1 Å². The first-order valence-corrected chi connectivity index (χ1v) is 9.26. The summed E-state index contributed by atoms with van der Waals surface area (Å²) in [6.07, 6.45) is 5.39. The number of benzene rings is 1. The summed E-state index contributed by atoms with van der Waals surface area (Å²) < 4.78 is 1.10. The number of carbonyl (C=O) groups excluding carboxylic acids is 1. The molecule has 2 aliphatic rings. The van der Waals surface area contributed by atoms with Gasteiger partial charge in [0, 0.05) is 23.5 Å². The van der Waals surface area contributed by atoms with Gasteiger partial charge in [0.25, 0.3) is 0 Å². The van der Waals surface area contributed by atoms with Crippen molar-refractivity contribution in [3.05, 3.63) is 47.0 Å². The molecule has 2 fully saturated rings. The van der Waals surface area contributed by atoms with Crippen LogP contribution in [-0.4, -0.2) is 41.9 Å². The van der Waals surface area contributed by atoms with E-state index in [1.807, 2.05) is 12.1 Å². The lowest BCUT2D eigenvalue weighted by atomic mass is 9.85. The van der Waals surface area contributed by atoms with Crippen molar-refractivity contribution < 1.29 is 4.79 Å². The molecule has 2 heterocycles. The van der Waals surface area contributed by atoms with E-state index >= 15 is 0 Å². The molecule has 23 heavy (non-hydrogen) atoms. The monoisotopic (exact) mass is 376 g/mol. The summed E-state index contributed by atoms with van der Waals surface area (Å²) in [4.78, 5) is 17.4. The number of rotatable bonds is 4. The second kappa shape index (κ2) is 7.18. The molecule has 1 amide bonds. The van der Waals surface area contributed by atoms with Crippen LogP contribution < -0.4 is 0 Å². The average molecular weight is 377 g/mol. The Morgan fingerprint density at radius 3 is 2.96 bits per heavy atom. The quantitative estimate of drug-likeness (QED) is 0.741. The molecule has 2 saturated heterocycles. The molecule has 0 aromatic heterocycles. The number of hydrogen-bond acceptors (Lipinski definition) is 2. The first kappa shape index (κ1) is 16.7. The van der Waals surface area contributed by atoms with Gasteiger partial charge < -0.3 is 9.80 Å². The van der Waals surface area contributed by atoms with Crippen molar-refractivity contribution in [2.24, 2.45) is 5.92 Å². The van der Waals surface area contributed by atoms with Crippen LogP contribution in [0.1, 0.15) is 37.3 Å². The maximum absolute atomic E-state index is 12.8. The SMILES string of the molecule is C=CCCC(=O)N1C[C@H]2CCN(C)[C@H]2C[C@H]1c1ccccc1Br. The molecule has 0 saturated carbocycles. The molecule has 1 aromatic rings. The third-order valence-corrected chi connectivity index (χ3v) is 6.10. The van der Waals surface area contributed by atoms with E-state index in [4.69, 9.17) is 0 Å². The van der Waals surface area contributed by atoms with Crippen LogP contribution in [0.25, 0.3) is 0 Å². The lowest BCUT2D eigenvalue weighted by Crippen LogP contribution is -2.49. The van der Waals surface area contributed by atoms with Crippen molar-refractivity contribution in [3.63, 3.8) is 0 Å². The zero-order valence-corrected chi connectivity index (χ0v) is 15.3. The number of halogens is 1. The van der Waals surface area contributed by atoms with Crippen LogP contribution in [0.4, 0.5) is 0 Å². The van der Waals surface area contributed by atoms with Crippen LogP contribution in [-0.2, 0) is 4.79 Å². The number of fused-ring (bicyclic) bond motifs is 1. The first-order valence-electron chi connectivity index (χ1n) is 8.47. The molecule has 3 nitrogen and oxygen atoms in total. The smallest absolute Gasteiger partial charge is 0.223 e. The van der Waals surface area contributed by atoms with Crippen LogP contribution in [0.15, 0.2) is 41.4 Å². The maximum atomic E-state index is 12.8. The number of nitrogens with zero attached hydrogens (tertiary/aromatic N) is 2. The summed E-state index contributed by atoms with van der Waals surface area (Å²) in [5, 5.41) is 0. The lowest BCUT2D eigenvalue weighted by molar-refractivity contribution is -0.137. The van der Waals surface area contributed by atoms with Gasteiger partial charge in [0.2, 0.25) is 5.91 Å². The molecule has 4 heteroatoms. The van der Waals surface area contributed by atoms with Gasteiger partial charge in [-0.15, -0.1) is 6.58 Å². The Balaban J connectivity index is 1.89. The van der Waals surface area contributed by atoms with Crippen molar-refractivity contribution >= 4 is 21.8 Å². The van der Waals surface area contributed by atoms with Crippen molar-refractivity contribution in [3.8, 4) is 0 Å². The fraction of sp³-hybridized carbons (Fsp3) is 0.526. The van der Waals surface area contributed by atoms with Crippen LogP contribution in [0.2, 0.25) is 0 Å². The predicted molar refractivity (Wildman–Crippen MR) is 97.2 cm³/mol. The minimum Gasteiger partial charge on any atom is -0.335 e. The lowest BCUT2D eigenvalue weighted by Gasteiger charge is -2.44. The third-order valence-electron chi connectivity index (χ3n) is 5.38. The zero-order valence-electron chi connectivity index (χ0n) is 13.7. The molecule has 0 N–H and O–H groups in total. The molecular weight excluding hydrogens is 352 g/mol. The van der Waals surface area contributed by atoms with E-state index in [2.05, 4.69) is 57.6 Å².